The molecule has 0 spiro atoms. The molecule has 2 aliphatic rings. The maximum Gasteiger partial charge on any atom is 0.137 e. The standard InChI is InChI=1S/C24H34BrF/c1-2-18-7-12-21(13-8-18)22-14-9-19(10-15-22)5-3-4-6-20-11-16-23(25)24(26)17-20/h3-4,11,16-19,21-22H,2,5-10,12-15H2,1H3. The monoisotopic (exact) mass is 420 g/mol. The van der Waals surface area contributed by atoms with E-state index in [1.165, 1.54) is 64.2 Å². The van der Waals surface area contributed by atoms with Gasteiger partial charge >= 0.3 is 0 Å². The fraction of sp³-hybridized carbons (Fsp3) is 0.667. The Kier molecular flexibility index (Phi) is 7.78. The summed E-state index contributed by atoms with van der Waals surface area (Å²) in [6, 6.07) is 5.43. The summed E-state index contributed by atoms with van der Waals surface area (Å²) in [7, 11) is 0. The summed E-state index contributed by atoms with van der Waals surface area (Å²) in [5.74, 6) is 3.77. The van der Waals surface area contributed by atoms with Crippen LogP contribution in [0.25, 0.3) is 0 Å². The molecule has 0 aliphatic heterocycles. The van der Waals surface area contributed by atoms with Gasteiger partial charge in [-0.15, -0.1) is 0 Å². The van der Waals surface area contributed by atoms with Gasteiger partial charge in [-0.1, -0.05) is 44.4 Å². The lowest BCUT2D eigenvalue weighted by Gasteiger charge is -2.37. The molecule has 0 bridgehead atoms. The molecular formula is C24H34BrF. The van der Waals surface area contributed by atoms with Crippen molar-refractivity contribution in [2.75, 3.05) is 0 Å². The van der Waals surface area contributed by atoms with Crippen molar-refractivity contribution in [2.24, 2.45) is 23.7 Å². The van der Waals surface area contributed by atoms with Gasteiger partial charge in [0, 0.05) is 0 Å². The van der Waals surface area contributed by atoms with Gasteiger partial charge in [0.25, 0.3) is 0 Å². The summed E-state index contributed by atoms with van der Waals surface area (Å²) in [5, 5.41) is 0. The van der Waals surface area contributed by atoms with Crippen LogP contribution in [-0.2, 0) is 6.42 Å². The van der Waals surface area contributed by atoms with E-state index >= 15 is 0 Å². The Bertz CT molecular complexity index is 578. The lowest BCUT2D eigenvalue weighted by molar-refractivity contribution is 0.145. The second-order valence-corrected chi connectivity index (χ2v) is 9.48. The van der Waals surface area contributed by atoms with E-state index in [9.17, 15) is 4.39 Å². The van der Waals surface area contributed by atoms with E-state index in [0.29, 0.717) is 4.47 Å². The van der Waals surface area contributed by atoms with Gasteiger partial charge in [0.05, 0.1) is 4.47 Å². The van der Waals surface area contributed by atoms with Crippen molar-refractivity contribution in [3.8, 4) is 0 Å². The first-order chi connectivity index (χ1) is 12.7. The van der Waals surface area contributed by atoms with E-state index in [4.69, 9.17) is 0 Å². The maximum atomic E-state index is 13.5. The lowest BCUT2D eigenvalue weighted by Crippen LogP contribution is -2.25. The molecule has 26 heavy (non-hydrogen) atoms. The molecule has 2 saturated carbocycles. The highest BCUT2D eigenvalue weighted by molar-refractivity contribution is 9.10. The molecule has 1 aromatic rings. The molecule has 144 valence electrons. The normalized spacial score (nSPS) is 30.0. The topological polar surface area (TPSA) is 0 Å². The van der Waals surface area contributed by atoms with Crippen LogP contribution in [0.15, 0.2) is 34.8 Å². The Balaban J connectivity index is 1.35. The van der Waals surface area contributed by atoms with Crippen LogP contribution < -0.4 is 0 Å². The van der Waals surface area contributed by atoms with Gasteiger partial charge in [-0.25, -0.2) is 4.39 Å². The molecule has 0 saturated heterocycles. The van der Waals surface area contributed by atoms with Gasteiger partial charge in [0.1, 0.15) is 5.82 Å². The number of hydrogen-bond acceptors (Lipinski definition) is 0. The Labute approximate surface area is 167 Å². The molecule has 2 fully saturated rings. The number of benzene rings is 1. The SMILES string of the molecule is CCC1CCC(C2CCC(CC=CCc3ccc(Br)c(F)c3)CC2)CC1. The van der Waals surface area contributed by atoms with Crippen LogP contribution in [0.1, 0.15) is 76.7 Å². The van der Waals surface area contributed by atoms with Crippen molar-refractivity contribution in [3.63, 3.8) is 0 Å². The van der Waals surface area contributed by atoms with Gasteiger partial charge in [0.2, 0.25) is 0 Å². The van der Waals surface area contributed by atoms with Gasteiger partial charge in [-0.3, -0.25) is 0 Å². The van der Waals surface area contributed by atoms with Gasteiger partial charge in [0.15, 0.2) is 0 Å². The Hall–Kier alpha value is -0.630. The Morgan fingerprint density at radius 2 is 1.54 bits per heavy atom. The number of allylic oxidation sites excluding steroid dienone is 2. The van der Waals surface area contributed by atoms with Crippen LogP contribution in [0.3, 0.4) is 0 Å². The highest BCUT2D eigenvalue weighted by atomic mass is 79.9. The molecule has 0 unspecified atom stereocenters. The van der Waals surface area contributed by atoms with Crippen LogP contribution in [0.5, 0.6) is 0 Å². The zero-order chi connectivity index (χ0) is 18.4. The second-order valence-electron chi connectivity index (χ2n) is 8.63. The summed E-state index contributed by atoms with van der Waals surface area (Å²) in [6.45, 7) is 2.36. The van der Waals surface area contributed by atoms with Crippen molar-refractivity contribution in [1.29, 1.82) is 0 Å². The van der Waals surface area contributed by atoms with Crippen molar-refractivity contribution in [2.45, 2.75) is 77.6 Å². The first-order valence-corrected chi connectivity index (χ1v) is 11.5. The molecule has 0 amide bonds. The minimum Gasteiger partial charge on any atom is -0.206 e. The fourth-order valence-corrected chi connectivity index (χ4v) is 5.38. The zero-order valence-corrected chi connectivity index (χ0v) is 17.8. The van der Waals surface area contributed by atoms with Crippen molar-refractivity contribution in [3.05, 3.63) is 46.2 Å². The first kappa shape index (κ1) is 20.1. The minimum absolute atomic E-state index is 0.165. The minimum atomic E-state index is -0.165. The second kappa shape index (κ2) is 10.1. The van der Waals surface area contributed by atoms with Gasteiger partial charge < -0.3 is 0 Å². The highest BCUT2D eigenvalue weighted by Gasteiger charge is 2.30. The number of halogens is 2. The van der Waals surface area contributed by atoms with Gasteiger partial charge in [-0.05, 0) is 109 Å². The molecule has 2 heteroatoms. The molecular weight excluding hydrogens is 387 g/mol. The predicted octanol–water partition coefficient (Wildman–Crippen LogP) is 8.10. The lowest BCUT2D eigenvalue weighted by atomic mass is 9.68. The van der Waals surface area contributed by atoms with Gasteiger partial charge in [-0.2, -0.15) is 0 Å². The molecule has 0 heterocycles. The largest absolute Gasteiger partial charge is 0.206 e. The molecule has 0 atom stereocenters. The third-order valence-corrected chi connectivity index (χ3v) is 7.64. The third kappa shape index (κ3) is 5.68. The molecule has 0 N–H and O–H groups in total. The number of hydrogen-bond donors (Lipinski definition) is 0. The predicted molar refractivity (Wildman–Crippen MR) is 113 cm³/mol. The van der Waals surface area contributed by atoms with E-state index in [1.807, 2.05) is 6.07 Å². The van der Waals surface area contributed by atoms with Crippen molar-refractivity contribution in [1.82, 2.24) is 0 Å². The average Bonchev–Trinajstić information content (AvgIpc) is 2.68. The number of rotatable bonds is 6. The fourth-order valence-electron chi connectivity index (χ4n) is 5.14. The molecule has 0 radical (unpaired) electrons. The van der Waals surface area contributed by atoms with Crippen LogP contribution >= 0.6 is 15.9 Å². The van der Waals surface area contributed by atoms with Crippen LogP contribution in [-0.4, -0.2) is 0 Å². The van der Waals surface area contributed by atoms with E-state index < -0.39 is 0 Å². The third-order valence-electron chi connectivity index (χ3n) is 7.00. The molecule has 0 aromatic heterocycles. The quantitative estimate of drug-likeness (QED) is 0.407. The van der Waals surface area contributed by atoms with Crippen LogP contribution in [0.2, 0.25) is 0 Å². The Morgan fingerprint density at radius 1 is 0.923 bits per heavy atom. The molecule has 3 rings (SSSR count). The van der Waals surface area contributed by atoms with Crippen molar-refractivity contribution >= 4 is 15.9 Å². The smallest absolute Gasteiger partial charge is 0.137 e. The summed E-state index contributed by atoms with van der Waals surface area (Å²) in [4.78, 5) is 0. The Morgan fingerprint density at radius 3 is 2.12 bits per heavy atom. The summed E-state index contributed by atoms with van der Waals surface area (Å²) in [6.07, 6.45) is 19.7. The first-order valence-electron chi connectivity index (χ1n) is 10.7. The van der Waals surface area contributed by atoms with Crippen molar-refractivity contribution < 1.29 is 4.39 Å². The summed E-state index contributed by atoms with van der Waals surface area (Å²) < 4.78 is 14.1. The zero-order valence-electron chi connectivity index (χ0n) is 16.2. The van der Waals surface area contributed by atoms with Crippen LogP contribution in [0.4, 0.5) is 4.39 Å². The molecule has 0 nitrogen and oxygen atoms in total. The van der Waals surface area contributed by atoms with E-state index in [0.717, 1.165) is 35.7 Å². The van der Waals surface area contributed by atoms with Crippen LogP contribution in [0, 0.1) is 29.5 Å². The maximum absolute atomic E-state index is 13.5. The molecule has 2 aliphatic carbocycles. The summed E-state index contributed by atoms with van der Waals surface area (Å²) in [5.41, 5.74) is 1.05. The summed E-state index contributed by atoms with van der Waals surface area (Å²) >= 11 is 3.21. The molecule has 1 aromatic carbocycles. The van der Waals surface area contributed by atoms with E-state index in [-0.39, 0.29) is 5.82 Å². The average molecular weight is 421 g/mol. The van der Waals surface area contributed by atoms with E-state index in [1.54, 1.807) is 12.1 Å². The van der Waals surface area contributed by atoms with E-state index in [2.05, 4.69) is 35.0 Å². The highest BCUT2D eigenvalue weighted by Crippen LogP contribution is 2.42.